The van der Waals surface area contributed by atoms with E-state index in [0.717, 1.165) is 19.3 Å². The second-order valence-corrected chi connectivity index (χ2v) is 4.80. The molecule has 1 saturated carbocycles. The molecule has 0 saturated heterocycles. The number of halogens is 1. The highest BCUT2D eigenvalue weighted by atomic mass is 79.9. The van der Waals surface area contributed by atoms with E-state index in [-0.39, 0.29) is 17.9 Å². The molecule has 0 spiro atoms. The Bertz CT molecular complexity index is 381. The standard InChI is InChI=1S/C10H13BrN4O/c11-8-4-14-9(5-13-8)15-10(16)6-1-2-7(12)3-6/h4-7H,1-3,12H2,(H,14,15,16). The second-order valence-electron chi connectivity index (χ2n) is 3.98. The molecule has 0 radical (unpaired) electrons. The summed E-state index contributed by atoms with van der Waals surface area (Å²) in [4.78, 5) is 19.8. The lowest BCUT2D eigenvalue weighted by Gasteiger charge is -2.09. The van der Waals surface area contributed by atoms with Gasteiger partial charge in [-0.25, -0.2) is 9.97 Å². The van der Waals surface area contributed by atoms with Gasteiger partial charge in [0.2, 0.25) is 5.91 Å². The van der Waals surface area contributed by atoms with E-state index in [2.05, 4.69) is 31.2 Å². The lowest BCUT2D eigenvalue weighted by atomic mass is 10.1. The van der Waals surface area contributed by atoms with E-state index in [9.17, 15) is 4.79 Å². The molecule has 2 unspecified atom stereocenters. The lowest BCUT2D eigenvalue weighted by Crippen LogP contribution is -2.23. The molecule has 1 fully saturated rings. The summed E-state index contributed by atoms with van der Waals surface area (Å²) in [6.07, 6.45) is 5.61. The SMILES string of the molecule is NC1CCC(C(=O)Nc2cnc(Br)cn2)C1. The Morgan fingerprint density at radius 3 is 2.81 bits per heavy atom. The van der Waals surface area contributed by atoms with Crippen molar-refractivity contribution in [1.82, 2.24) is 9.97 Å². The van der Waals surface area contributed by atoms with Crippen molar-refractivity contribution in [2.45, 2.75) is 25.3 Å². The molecule has 86 valence electrons. The van der Waals surface area contributed by atoms with E-state index in [1.54, 1.807) is 6.20 Å². The van der Waals surface area contributed by atoms with Gasteiger partial charge in [-0.2, -0.15) is 0 Å². The minimum absolute atomic E-state index is 0.00966. The Labute approximate surface area is 102 Å². The molecule has 5 nitrogen and oxygen atoms in total. The molecular formula is C10H13BrN4O. The number of carbonyl (C=O) groups excluding carboxylic acids is 1. The normalized spacial score (nSPS) is 24.4. The summed E-state index contributed by atoms with van der Waals surface area (Å²) in [6.45, 7) is 0. The average molecular weight is 285 g/mol. The Kier molecular flexibility index (Phi) is 3.50. The van der Waals surface area contributed by atoms with Gasteiger partial charge in [0.15, 0.2) is 5.82 Å². The Balaban J connectivity index is 1.94. The van der Waals surface area contributed by atoms with Crippen molar-refractivity contribution in [2.75, 3.05) is 5.32 Å². The zero-order valence-corrected chi connectivity index (χ0v) is 10.3. The van der Waals surface area contributed by atoms with Gasteiger partial charge in [-0.05, 0) is 35.2 Å². The van der Waals surface area contributed by atoms with Crippen molar-refractivity contribution in [3.63, 3.8) is 0 Å². The Hall–Kier alpha value is -1.01. The van der Waals surface area contributed by atoms with Crippen molar-refractivity contribution >= 4 is 27.7 Å². The van der Waals surface area contributed by atoms with Crippen LogP contribution in [0.5, 0.6) is 0 Å². The van der Waals surface area contributed by atoms with E-state index in [1.807, 2.05) is 0 Å². The Morgan fingerprint density at radius 1 is 1.44 bits per heavy atom. The number of rotatable bonds is 2. The summed E-state index contributed by atoms with van der Waals surface area (Å²) in [7, 11) is 0. The van der Waals surface area contributed by atoms with Gasteiger partial charge in [-0.15, -0.1) is 0 Å². The summed E-state index contributed by atoms with van der Waals surface area (Å²) in [6, 6.07) is 0.159. The minimum Gasteiger partial charge on any atom is -0.328 e. The molecule has 6 heteroatoms. The first-order valence-corrected chi connectivity index (χ1v) is 5.98. The average Bonchev–Trinajstić information content (AvgIpc) is 2.68. The molecule has 3 N–H and O–H groups in total. The van der Waals surface area contributed by atoms with E-state index >= 15 is 0 Å². The van der Waals surface area contributed by atoms with Gasteiger partial charge < -0.3 is 11.1 Å². The topological polar surface area (TPSA) is 80.9 Å². The third-order valence-corrected chi connectivity index (χ3v) is 3.13. The van der Waals surface area contributed by atoms with E-state index in [0.29, 0.717) is 10.4 Å². The first-order valence-electron chi connectivity index (χ1n) is 5.19. The first kappa shape index (κ1) is 11.5. The number of amides is 1. The maximum Gasteiger partial charge on any atom is 0.228 e. The fourth-order valence-corrected chi connectivity index (χ4v) is 2.06. The van der Waals surface area contributed by atoms with Crippen LogP contribution in [0, 0.1) is 5.92 Å². The van der Waals surface area contributed by atoms with Gasteiger partial charge in [0.25, 0.3) is 0 Å². The molecule has 0 aromatic carbocycles. The molecule has 0 aliphatic heterocycles. The predicted octanol–water partition coefficient (Wildman–Crippen LogP) is 1.30. The van der Waals surface area contributed by atoms with Crippen LogP contribution in [0.2, 0.25) is 0 Å². The lowest BCUT2D eigenvalue weighted by molar-refractivity contribution is -0.119. The van der Waals surface area contributed by atoms with Gasteiger partial charge in [-0.3, -0.25) is 4.79 Å². The summed E-state index contributed by atoms with van der Waals surface area (Å²) in [5, 5.41) is 2.74. The van der Waals surface area contributed by atoms with Crippen LogP contribution in [0.15, 0.2) is 17.0 Å². The monoisotopic (exact) mass is 284 g/mol. The van der Waals surface area contributed by atoms with E-state index < -0.39 is 0 Å². The number of nitrogens with zero attached hydrogens (tertiary/aromatic N) is 2. The fourth-order valence-electron chi connectivity index (χ4n) is 1.86. The van der Waals surface area contributed by atoms with E-state index in [4.69, 9.17) is 5.73 Å². The number of carbonyl (C=O) groups is 1. The molecule has 1 aliphatic carbocycles. The highest BCUT2D eigenvalue weighted by Gasteiger charge is 2.27. The third-order valence-electron chi connectivity index (χ3n) is 2.72. The maximum atomic E-state index is 11.8. The van der Waals surface area contributed by atoms with Gasteiger partial charge >= 0.3 is 0 Å². The molecule has 1 aromatic heterocycles. The molecule has 0 bridgehead atoms. The summed E-state index contributed by atoms with van der Waals surface area (Å²) >= 11 is 3.18. The molecule has 2 rings (SSSR count). The van der Waals surface area contributed by atoms with Crippen LogP contribution in [0.4, 0.5) is 5.82 Å². The highest BCUT2D eigenvalue weighted by Crippen LogP contribution is 2.25. The van der Waals surface area contributed by atoms with Gasteiger partial charge in [0.1, 0.15) is 4.60 Å². The third kappa shape index (κ3) is 2.76. The van der Waals surface area contributed by atoms with Crippen molar-refractivity contribution in [3.05, 3.63) is 17.0 Å². The number of hydrogen-bond acceptors (Lipinski definition) is 4. The largest absolute Gasteiger partial charge is 0.328 e. The molecular weight excluding hydrogens is 272 g/mol. The van der Waals surface area contributed by atoms with Crippen LogP contribution in [-0.4, -0.2) is 21.9 Å². The van der Waals surface area contributed by atoms with Crippen molar-refractivity contribution < 1.29 is 4.79 Å². The van der Waals surface area contributed by atoms with Crippen LogP contribution in [0.25, 0.3) is 0 Å². The number of hydrogen-bond donors (Lipinski definition) is 2. The molecule has 16 heavy (non-hydrogen) atoms. The van der Waals surface area contributed by atoms with Crippen molar-refractivity contribution in [2.24, 2.45) is 11.7 Å². The zero-order chi connectivity index (χ0) is 11.5. The van der Waals surface area contributed by atoms with Crippen molar-refractivity contribution in [1.29, 1.82) is 0 Å². The molecule has 1 aliphatic rings. The predicted molar refractivity (Wildman–Crippen MR) is 63.7 cm³/mol. The maximum absolute atomic E-state index is 11.8. The minimum atomic E-state index is -0.00966. The smallest absolute Gasteiger partial charge is 0.228 e. The van der Waals surface area contributed by atoms with Gasteiger partial charge in [0.05, 0.1) is 12.4 Å². The van der Waals surface area contributed by atoms with Crippen LogP contribution in [0.1, 0.15) is 19.3 Å². The summed E-state index contributed by atoms with van der Waals surface area (Å²) < 4.78 is 0.647. The van der Waals surface area contributed by atoms with Crippen LogP contribution in [-0.2, 0) is 4.79 Å². The molecule has 2 atom stereocenters. The summed E-state index contributed by atoms with van der Waals surface area (Å²) in [5.41, 5.74) is 5.76. The summed E-state index contributed by atoms with van der Waals surface area (Å²) in [5.74, 6) is 0.485. The van der Waals surface area contributed by atoms with E-state index in [1.165, 1.54) is 6.20 Å². The van der Waals surface area contributed by atoms with Crippen molar-refractivity contribution in [3.8, 4) is 0 Å². The van der Waals surface area contributed by atoms with Crippen LogP contribution >= 0.6 is 15.9 Å². The zero-order valence-electron chi connectivity index (χ0n) is 8.69. The highest BCUT2D eigenvalue weighted by molar-refractivity contribution is 9.10. The molecule has 1 amide bonds. The van der Waals surface area contributed by atoms with Gasteiger partial charge in [0, 0.05) is 12.0 Å². The number of nitrogens with two attached hydrogens (primary N) is 1. The van der Waals surface area contributed by atoms with Gasteiger partial charge in [-0.1, -0.05) is 0 Å². The fraction of sp³-hybridized carbons (Fsp3) is 0.500. The molecule has 1 heterocycles. The number of anilines is 1. The quantitative estimate of drug-likeness (QED) is 0.858. The molecule has 1 aromatic rings. The number of nitrogens with one attached hydrogen (secondary N) is 1. The number of aromatic nitrogens is 2. The Morgan fingerprint density at radius 2 is 2.25 bits per heavy atom. The first-order chi connectivity index (χ1) is 7.65. The second kappa shape index (κ2) is 4.88. The van der Waals surface area contributed by atoms with Crippen LogP contribution < -0.4 is 11.1 Å². The van der Waals surface area contributed by atoms with Crippen LogP contribution in [0.3, 0.4) is 0 Å².